The van der Waals surface area contributed by atoms with Crippen LogP contribution in [0.4, 0.5) is 0 Å². The van der Waals surface area contributed by atoms with Crippen molar-refractivity contribution in [2.45, 2.75) is 52.7 Å². The lowest BCUT2D eigenvalue weighted by Gasteiger charge is -2.06. The summed E-state index contributed by atoms with van der Waals surface area (Å²) < 4.78 is 1.80. The van der Waals surface area contributed by atoms with E-state index in [4.69, 9.17) is 0 Å². The third-order valence-electron chi connectivity index (χ3n) is 3.34. The van der Waals surface area contributed by atoms with Crippen molar-refractivity contribution in [1.29, 1.82) is 0 Å². The van der Waals surface area contributed by atoms with Crippen molar-refractivity contribution < 1.29 is 4.79 Å². The predicted molar refractivity (Wildman–Crippen MR) is 70.2 cm³/mol. The Bertz CT molecular complexity index is 434. The Balaban J connectivity index is 2.02. The van der Waals surface area contributed by atoms with Crippen molar-refractivity contribution in [3.05, 3.63) is 17.0 Å². The molecule has 0 spiro atoms. The average Bonchev–Trinajstić information content (AvgIpc) is 3.08. The van der Waals surface area contributed by atoms with Gasteiger partial charge in [0.25, 0.3) is 0 Å². The van der Waals surface area contributed by atoms with Crippen LogP contribution in [0.2, 0.25) is 0 Å². The first kappa shape index (κ1) is 13.1. The van der Waals surface area contributed by atoms with Gasteiger partial charge in [0.05, 0.1) is 5.69 Å². The monoisotopic (exact) mass is 250 g/mol. The maximum atomic E-state index is 11.6. The van der Waals surface area contributed by atoms with E-state index in [9.17, 15) is 4.79 Å². The Morgan fingerprint density at radius 3 is 2.78 bits per heavy atom. The molecule has 1 aliphatic rings. The molecule has 1 aromatic rings. The van der Waals surface area contributed by atoms with E-state index in [-0.39, 0.29) is 5.91 Å². The van der Waals surface area contributed by atoms with Gasteiger partial charge in [0.2, 0.25) is 5.91 Å². The Morgan fingerprint density at radius 2 is 2.17 bits per heavy atom. The molecule has 2 rings (SSSR count). The fraction of sp³-hybridized carbons (Fsp3) is 0.692. The number of hydrogen-bond donors (Lipinski definition) is 2. The van der Waals surface area contributed by atoms with E-state index in [0.717, 1.165) is 17.9 Å². The number of aryl methyl sites for hydroxylation is 1. The van der Waals surface area contributed by atoms with Crippen molar-refractivity contribution in [2.24, 2.45) is 0 Å². The summed E-state index contributed by atoms with van der Waals surface area (Å²) in [6, 6.07) is 0.690. The van der Waals surface area contributed by atoms with Gasteiger partial charge >= 0.3 is 0 Å². The number of nitrogens with one attached hydrogen (secondary N) is 2. The molecule has 0 bridgehead atoms. The number of likely N-dealkylation sites (N-methyl/N-ethyl adjacent to an activating group) is 1. The summed E-state index contributed by atoms with van der Waals surface area (Å²) in [4.78, 5) is 11.6. The molecule has 100 valence electrons. The highest BCUT2D eigenvalue weighted by molar-refractivity contribution is 5.75. The highest BCUT2D eigenvalue weighted by Crippen LogP contribution is 2.20. The molecule has 1 saturated carbocycles. The Hall–Kier alpha value is -1.36. The van der Waals surface area contributed by atoms with E-state index in [2.05, 4.69) is 15.7 Å². The molecule has 1 aromatic heterocycles. The van der Waals surface area contributed by atoms with Gasteiger partial charge in [-0.3, -0.25) is 9.48 Å². The SMILES string of the molecule is CCNC(=O)Cn1nc(C)c(CNC2CC2)c1C. The first-order valence-electron chi connectivity index (χ1n) is 6.64. The summed E-state index contributed by atoms with van der Waals surface area (Å²) in [5.74, 6) is 0.0183. The number of hydrogen-bond acceptors (Lipinski definition) is 3. The zero-order valence-corrected chi connectivity index (χ0v) is 11.4. The first-order valence-corrected chi connectivity index (χ1v) is 6.64. The lowest BCUT2D eigenvalue weighted by Crippen LogP contribution is -2.28. The second kappa shape index (κ2) is 5.52. The molecular weight excluding hydrogens is 228 g/mol. The third kappa shape index (κ3) is 3.10. The first-order chi connectivity index (χ1) is 8.61. The van der Waals surface area contributed by atoms with Gasteiger partial charge in [-0.2, -0.15) is 5.10 Å². The van der Waals surface area contributed by atoms with Crippen LogP contribution in [0, 0.1) is 13.8 Å². The molecule has 0 aliphatic heterocycles. The molecule has 18 heavy (non-hydrogen) atoms. The third-order valence-corrected chi connectivity index (χ3v) is 3.34. The van der Waals surface area contributed by atoms with Gasteiger partial charge < -0.3 is 10.6 Å². The second-order valence-corrected chi connectivity index (χ2v) is 4.92. The van der Waals surface area contributed by atoms with Crippen molar-refractivity contribution in [1.82, 2.24) is 20.4 Å². The molecule has 5 nitrogen and oxygen atoms in total. The van der Waals surface area contributed by atoms with Crippen molar-refractivity contribution in [2.75, 3.05) is 6.54 Å². The van der Waals surface area contributed by atoms with Crippen LogP contribution in [0.25, 0.3) is 0 Å². The van der Waals surface area contributed by atoms with Gasteiger partial charge in [-0.25, -0.2) is 0 Å². The van der Waals surface area contributed by atoms with E-state index < -0.39 is 0 Å². The van der Waals surface area contributed by atoms with Crippen LogP contribution in [-0.2, 0) is 17.9 Å². The minimum Gasteiger partial charge on any atom is -0.355 e. The van der Waals surface area contributed by atoms with Gasteiger partial charge in [0, 0.05) is 30.4 Å². The zero-order chi connectivity index (χ0) is 13.1. The normalized spacial score (nSPS) is 14.8. The molecule has 5 heteroatoms. The van der Waals surface area contributed by atoms with Crippen molar-refractivity contribution >= 4 is 5.91 Å². The van der Waals surface area contributed by atoms with Crippen LogP contribution in [0.5, 0.6) is 0 Å². The lowest BCUT2D eigenvalue weighted by molar-refractivity contribution is -0.121. The van der Waals surface area contributed by atoms with Gasteiger partial charge in [-0.1, -0.05) is 0 Å². The lowest BCUT2D eigenvalue weighted by atomic mass is 10.2. The largest absolute Gasteiger partial charge is 0.355 e. The van der Waals surface area contributed by atoms with E-state index in [1.54, 1.807) is 4.68 Å². The molecule has 0 atom stereocenters. The summed E-state index contributed by atoms with van der Waals surface area (Å²) >= 11 is 0. The highest BCUT2D eigenvalue weighted by atomic mass is 16.2. The number of aromatic nitrogens is 2. The zero-order valence-electron chi connectivity index (χ0n) is 11.4. The van der Waals surface area contributed by atoms with Gasteiger partial charge in [-0.05, 0) is 33.6 Å². The number of amides is 1. The second-order valence-electron chi connectivity index (χ2n) is 4.92. The van der Waals surface area contributed by atoms with Gasteiger partial charge in [0.15, 0.2) is 0 Å². The Kier molecular flexibility index (Phi) is 4.01. The summed E-state index contributed by atoms with van der Waals surface area (Å²) in [6.45, 7) is 7.79. The molecule has 1 amide bonds. The molecule has 0 unspecified atom stereocenters. The molecule has 1 fully saturated rings. The van der Waals surface area contributed by atoms with Crippen molar-refractivity contribution in [3.63, 3.8) is 0 Å². The summed E-state index contributed by atoms with van der Waals surface area (Å²) in [5, 5.41) is 10.7. The minimum absolute atomic E-state index is 0.0183. The fourth-order valence-electron chi connectivity index (χ4n) is 2.07. The molecule has 0 radical (unpaired) electrons. The van der Waals surface area contributed by atoms with Crippen LogP contribution in [0.1, 0.15) is 36.7 Å². The summed E-state index contributed by atoms with van der Waals surface area (Å²) in [6.07, 6.45) is 2.57. The van der Waals surface area contributed by atoms with E-state index in [1.165, 1.54) is 18.4 Å². The molecule has 1 aliphatic carbocycles. The standard InChI is InChI=1S/C13H22N4O/c1-4-14-13(18)8-17-10(3)12(9(2)16-17)7-15-11-5-6-11/h11,15H,4-8H2,1-3H3,(H,14,18). The van der Waals surface area contributed by atoms with E-state index in [0.29, 0.717) is 19.1 Å². The quantitative estimate of drug-likeness (QED) is 0.788. The molecule has 0 aromatic carbocycles. The smallest absolute Gasteiger partial charge is 0.241 e. The maximum Gasteiger partial charge on any atom is 0.241 e. The molecule has 0 saturated heterocycles. The maximum absolute atomic E-state index is 11.6. The van der Waals surface area contributed by atoms with E-state index in [1.807, 2.05) is 20.8 Å². The van der Waals surface area contributed by atoms with Gasteiger partial charge in [-0.15, -0.1) is 0 Å². The van der Waals surface area contributed by atoms with Crippen molar-refractivity contribution in [3.8, 4) is 0 Å². The van der Waals surface area contributed by atoms with Crippen LogP contribution < -0.4 is 10.6 Å². The molecular formula is C13H22N4O. The predicted octanol–water partition coefficient (Wildman–Crippen LogP) is 0.888. The Morgan fingerprint density at radius 1 is 1.44 bits per heavy atom. The summed E-state index contributed by atoms with van der Waals surface area (Å²) in [7, 11) is 0. The van der Waals surface area contributed by atoms with Crippen LogP contribution in [-0.4, -0.2) is 28.3 Å². The van der Waals surface area contributed by atoms with Crippen LogP contribution in [0.15, 0.2) is 0 Å². The fourth-order valence-corrected chi connectivity index (χ4v) is 2.07. The minimum atomic E-state index is 0.0183. The van der Waals surface area contributed by atoms with Crippen LogP contribution in [0.3, 0.4) is 0 Å². The Labute approximate surface area is 108 Å². The highest BCUT2D eigenvalue weighted by Gasteiger charge is 2.21. The van der Waals surface area contributed by atoms with Gasteiger partial charge in [0.1, 0.15) is 6.54 Å². The summed E-state index contributed by atoms with van der Waals surface area (Å²) in [5.41, 5.74) is 3.34. The topological polar surface area (TPSA) is 59.0 Å². The van der Waals surface area contributed by atoms with E-state index >= 15 is 0 Å². The average molecular weight is 250 g/mol. The number of carbonyl (C=O) groups excluding carboxylic acids is 1. The number of nitrogens with zero attached hydrogens (tertiary/aromatic N) is 2. The van der Waals surface area contributed by atoms with Crippen LogP contribution >= 0.6 is 0 Å². The molecule has 1 heterocycles. The number of rotatable bonds is 6. The number of carbonyl (C=O) groups is 1. The molecule has 2 N–H and O–H groups in total.